The molecule has 0 amide bonds. The van der Waals surface area contributed by atoms with E-state index in [1.54, 1.807) is 7.11 Å². The molecule has 1 fully saturated rings. The zero-order valence-corrected chi connectivity index (χ0v) is 10.8. The van der Waals surface area contributed by atoms with Crippen molar-refractivity contribution in [2.24, 2.45) is 0 Å². The van der Waals surface area contributed by atoms with Gasteiger partial charge in [0.15, 0.2) is 5.11 Å². The highest BCUT2D eigenvalue weighted by Gasteiger charge is 2.19. The first-order chi connectivity index (χ1) is 8.17. The normalized spacial score (nSPS) is 23.5. The van der Waals surface area contributed by atoms with Gasteiger partial charge in [-0.15, -0.1) is 0 Å². The van der Waals surface area contributed by atoms with Gasteiger partial charge in [0.1, 0.15) is 11.9 Å². The van der Waals surface area contributed by atoms with Crippen LogP contribution in [0.2, 0.25) is 0 Å². The largest absolute Gasteiger partial charge is 0.497 e. The lowest BCUT2D eigenvalue weighted by molar-refractivity contribution is 0.415. The van der Waals surface area contributed by atoms with Crippen LogP contribution in [0.15, 0.2) is 24.3 Å². The molecule has 0 spiro atoms. The predicted molar refractivity (Wildman–Crippen MR) is 73.4 cm³/mol. The molecule has 0 aliphatic carbocycles. The minimum absolute atomic E-state index is 0.173. The quantitative estimate of drug-likeness (QED) is 0.714. The fourth-order valence-corrected chi connectivity index (χ4v) is 2.22. The van der Waals surface area contributed by atoms with Crippen molar-refractivity contribution in [3.8, 4) is 5.75 Å². The molecule has 1 aromatic carbocycles. The van der Waals surface area contributed by atoms with Crippen molar-refractivity contribution < 1.29 is 4.74 Å². The van der Waals surface area contributed by atoms with Crippen molar-refractivity contribution in [2.45, 2.75) is 25.6 Å². The van der Waals surface area contributed by atoms with E-state index in [0.717, 1.165) is 17.9 Å². The Morgan fingerprint density at radius 3 is 2.59 bits per heavy atom. The number of ether oxygens (including phenoxy) is 1. The van der Waals surface area contributed by atoms with Gasteiger partial charge < -0.3 is 20.7 Å². The third-order valence-electron chi connectivity index (χ3n) is 2.70. The van der Waals surface area contributed by atoms with Gasteiger partial charge in [0, 0.05) is 18.2 Å². The maximum absolute atomic E-state index is 5.13. The van der Waals surface area contributed by atoms with Gasteiger partial charge in [-0.05, 0) is 43.4 Å². The number of anilines is 1. The predicted octanol–water partition coefficient (Wildman–Crippen LogP) is 1.69. The maximum Gasteiger partial charge on any atom is 0.168 e. The molecule has 0 bridgehead atoms. The van der Waals surface area contributed by atoms with Crippen LogP contribution >= 0.6 is 12.2 Å². The van der Waals surface area contributed by atoms with Gasteiger partial charge >= 0.3 is 0 Å². The summed E-state index contributed by atoms with van der Waals surface area (Å²) in [6.45, 7) is 2.12. The van der Waals surface area contributed by atoms with Crippen LogP contribution in [-0.4, -0.2) is 24.4 Å². The Bertz CT molecular complexity index is 393. The van der Waals surface area contributed by atoms with Crippen LogP contribution in [0.4, 0.5) is 5.69 Å². The van der Waals surface area contributed by atoms with Crippen molar-refractivity contribution in [2.75, 3.05) is 12.4 Å². The van der Waals surface area contributed by atoms with Gasteiger partial charge in [0.25, 0.3) is 0 Å². The second-order valence-corrected chi connectivity index (χ2v) is 4.59. The van der Waals surface area contributed by atoms with Crippen LogP contribution < -0.4 is 20.7 Å². The van der Waals surface area contributed by atoms with E-state index in [1.165, 1.54) is 0 Å². The molecule has 0 radical (unpaired) electrons. The smallest absolute Gasteiger partial charge is 0.168 e. The minimum Gasteiger partial charge on any atom is -0.497 e. The van der Waals surface area contributed by atoms with Crippen LogP contribution in [0.5, 0.6) is 5.75 Å². The van der Waals surface area contributed by atoms with E-state index < -0.39 is 0 Å². The van der Waals surface area contributed by atoms with E-state index in [4.69, 9.17) is 17.0 Å². The van der Waals surface area contributed by atoms with Crippen molar-refractivity contribution in [3.63, 3.8) is 0 Å². The summed E-state index contributed by atoms with van der Waals surface area (Å²) in [6, 6.07) is 8.25. The van der Waals surface area contributed by atoms with Crippen LogP contribution in [0.1, 0.15) is 13.3 Å². The summed E-state index contributed by atoms with van der Waals surface area (Å²) < 4.78 is 5.12. The molecule has 1 aliphatic rings. The molecule has 1 aromatic rings. The van der Waals surface area contributed by atoms with Gasteiger partial charge in [0.05, 0.1) is 7.11 Å². The fourth-order valence-electron chi connectivity index (χ4n) is 1.88. The second-order valence-electron chi connectivity index (χ2n) is 4.18. The highest BCUT2D eigenvalue weighted by molar-refractivity contribution is 7.80. The highest BCUT2D eigenvalue weighted by atomic mass is 32.1. The maximum atomic E-state index is 5.13. The summed E-state index contributed by atoms with van der Waals surface area (Å²) >= 11 is 5.13. The van der Waals surface area contributed by atoms with Crippen molar-refractivity contribution in [1.29, 1.82) is 0 Å². The zero-order valence-electron chi connectivity index (χ0n) is 9.99. The van der Waals surface area contributed by atoms with Crippen molar-refractivity contribution in [1.82, 2.24) is 10.6 Å². The molecule has 1 heterocycles. The highest BCUT2D eigenvalue weighted by Crippen LogP contribution is 2.16. The van der Waals surface area contributed by atoms with E-state index in [1.807, 2.05) is 24.3 Å². The summed E-state index contributed by atoms with van der Waals surface area (Å²) in [5.41, 5.74) is 1.06. The topological polar surface area (TPSA) is 45.3 Å². The van der Waals surface area contributed by atoms with Crippen LogP contribution in [0.25, 0.3) is 0 Å². The van der Waals surface area contributed by atoms with E-state index in [0.29, 0.717) is 11.2 Å². The minimum atomic E-state index is 0.173. The number of hydrogen-bond acceptors (Lipinski definition) is 3. The molecule has 4 nitrogen and oxygen atoms in total. The Morgan fingerprint density at radius 1 is 1.29 bits per heavy atom. The summed E-state index contributed by atoms with van der Waals surface area (Å²) in [6.07, 6.45) is 1.15. The number of rotatable bonds is 3. The van der Waals surface area contributed by atoms with E-state index >= 15 is 0 Å². The summed E-state index contributed by atoms with van der Waals surface area (Å²) in [5, 5.41) is 10.5. The lowest BCUT2D eigenvalue weighted by Crippen LogP contribution is -2.55. The first-order valence-electron chi connectivity index (χ1n) is 5.65. The first-order valence-corrected chi connectivity index (χ1v) is 6.06. The van der Waals surface area contributed by atoms with Gasteiger partial charge in [-0.25, -0.2) is 0 Å². The third kappa shape index (κ3) is 3.23. The summed E-state index contributed by atoms with van der Waals surface area (Å²) in [4.78, 5) is 0. The van der Waals surface area contributed by atoms with Crippen molar-refractivity contribution in [3.05, 3.63) is 24.3 Å². The lowest BCUT2D eigenvalue weighted by atomic mass is 10.1. The molecule has 0 unspecified atom stereocenters. The van der Waals surface area contributed by atoms with E-state index in [9.17, 15) is 0 Å². The average Bonchev–Trinajstić information content (AvgIpc) is 2.28. The van der Waals surface area contributed by atoms with Gasteiger partial charge in [-0.1, -0.05) is 0 Å². The summed E-state index contributed by atoms with van der Waals surface area (Å²) in [7, 11) is 1.66. The molecule has 5 heteroatoms. The number of benzene rings is 1. The second kappa shape index (κ2) is 5.23. The SMILES string of the molecule is COc1ccc(N[C@@H]2C[C@@H](C)NC(=S)N2)cc1. The summed E-state index contributed by atoms with van der Waals surface area (Å²) in [5.74, 6) is 0.859. The monoisotopic (exact) mass is 251 g/mol. The molecule has 2 atom stereocenters. The molecule has 0 saturated carbocycles. The molecule has 1 aliphatic heterocycles. The zero-order chi connectivity index (χ0) is 12.3. The van der Waals surface area contributed by atoms with E-state index in [2.05, 4.69) is 22.9 Å². The molecule has 1 saturated heterocycles. The Labute approximate surface area is 107 Å². The van der Waals surface area contributed by atoms with Crippen molar-refractivity contribution >= 4 is 23.0 Å². The van der Waals surface area contributed by atoms with Crippen LogP contribution in [0.3, 0.4) is 0 Å². The van der Waals surface area contributed by atoms with Gasteiger partial charge in [-0.3, -0.25) is 0 Å². The number of thiocarbonyl (C=S) groups is 1. The van der Waals surface area contributed by atoms with Crippen LogP contribution in [-0.2, 0) is 0 Å². The van der Waals surface area contributed by atoms with Crippen LogP contribution in [0, 0.1) is 0 Å². The molecule has 0 aromatic heterocycles. The first kappa shape index (κ1) is 12.0. The molecular formula is C12H17N3OS. The Balaban J connectivity index is 1.97. The molecule has 2 rings (SSSR count). The number of hydrogen-bond donors (Lipinski definition) is 3. The molecular weight excluding hydrogens is 234 g/mol. The fraction of sp³-hybridized carbons (Fsp3) is 0.417. The lowest BCUT2D eigenvalue weighted by Gasteiger charge is -2.32. The Morgan fingerprint density at radius 2 is 2.00 bits per heavy atom. The molecule has 17 heavy (non-hydrogen) atoms. The van der Waals surface area contributed by atoms with E-state index in [-0.39, 0.29) is 6.17 Å². The van der Waals surface area contributed by atoms with Gasteiger partial charge in [-0.2, -0.15) is 0 Å². The van der Waals surface area contributed by atoms with Gasteiger partial charge in [0.2, 0.25) is 0 Å². The standard InChI is InChI=1S/C12H17N3OS/c1-8-7-11(15-12(17)13-8)14-9-3-5-10(16-2)6-4-9/h3-6,8,11,14H,7H2,1-2H3,(H2,13,15,17)/t8-,11+/m1/s1. The Hall–Kier alpha value is -1.49. The number of methoxy groups -OCH3 is 1. The average molecular weight is 251 g/mol. The third-order valence-corrected chi connectivity index (χ3v) is 2.94. The molecule has 3 N–H and O–H groups in total. The molecule has 92 valence electrons. The number of nitrogens with one attached hydrogen (secondary N) is 3. The Kier molecular flexibility index (Phi) is 3.68.